The molecule has 0 saturated heterocycles. The van der Waals surface area contributed by atoms with Gasteiger partial charge in [-0.1, -0.05) is 38.0 Å². The third-order valence-electron chi connectivity index (χ3n) is 4.77. The first kappa shape index (κ1) is 16.1. The molecular formula is C19H26N2O2. The second kappa shape index (κ2) is 7.18. The molecule has 4 heteroatoms. The van der Waals surface area contributed by atoms with Gasteiger partial charge in [0.1, 0.15) is 11.3 Å². The summed E-state index contributed by atoms with van der Waals surface area (Å²) in [6.07, 6.45) is 4.85. The Bertz CT molecular complexity index is 631. The number of rotatable bonds is 5. The maximum Gasteiger partial charge on any atom is 0.234 e. The van der Waals surface area contributed by atoms with E-state index >= 15 is 0 Å². The van der Waals surface area contributed by atoms with E-state index in [1.807, 2.05) is 42.3 Å². The average molecular weight is 314 g/mol. The molecule has 0 spiro atoms. The molecule has 1 aromatic carbocycles. The Labute approximate surface area is 137 Å². The molecule has 1 N–H and O–H groups in total. The number of fused-ring (bicyclic) bond motifs is 1. The number of carbonyl (C=O) groups is 1. The van der Waals surface area contributed by atoms with E-state index in [2.05, 4.69) is 12.2 Å². The highest BCUT2D eigenvalue weighted by molar-refractivity contribution is 5.79. The van der Waals surface area contributed by atoms with Crippen LogP contribution in [0.2, 0.25) is 0 Å². The molecule has 23 heavy (non-hydrogen) atoms. The number of hydrogen-bond acceptors (Lipinski definition) is 3. The number of likely N-dealkylation sites (N-methyl/N-ethyl adjacent to an activating group) is 1. The van der Waals surface area contributed by atoms with Crippen LogP contribution < -0.4 is 5.32 Å². The lowest BCUT2D eigenvalue weighted by atomic mass is 9.86. The lowest BCUT2D eigenvalue weighted by molar-refractivity contribution is -0.123. The Morgan fingerprint density at radius 2 is 2.09 bits per heavy atom. The van der Waals surface area contributed by atoms with Gasteiger partial charge in [-0.25, -0.2) is 0 Å². The number of nitrogens with one attached hydrogen (secondary N) is 1. The maximum atomic E-state index is 12.2. The number of para-hydroxylation sites is 1. The highest BCUT2D eigenvalue weighted by Crippen LogP contribution is 2.23. The molecule has 1 amide bonds. The van der Waals surface area contributed by atoms with Gasteiger partial charge in [0, 0.05) is 11.4 Å². The van der Waals surface area contributed by atoms with E-state index in [1.54, 1.807) is 0 Å². The molecule has 3 rings (SSSR count). The fraction of sp³-hybridized carbons (Fsp3) is 0.526. The van der Waals surface area contributed by atoms with Gasteiger partial charge >= 0.3 is 0 Å². The summed E-state index contributed by atoms with van der Waals surface area (Å²) in [5, 5.41) is 4.31. The summed E-state index contributed by atoms with van der Waals surface area (Å²) < 4.78 is 5.81. The summed E-state index contributed by atoms with van der Waals surface area (Å²) in [7, 11) is 1.96. The molecule has 0 aliphatic heterocycles. The van der Waals surface area contributed by atoms with Gasteiger partial charge in [-0.05, 0) is 37.9 Å². The van der Waals surface area contributed by atoms with Crippen LogP contribution in [0.5, 0.6) is 0 Å². The number of amides is 1. The van der Waals surface area contributed by atoms with Gasteiger partial charge in [0.05, 0.1) is 13.1 Å². The van der Waals surface area contributed by atoms with Crippen LogP contribution in [-0.4, -0.2) is 30.4 Å². The highest BCUT2D eigenvalue weighted by atomic mass is 16.3. The first-order chi connectivity index (χ1) is 11.1. The van der Waals surface area contributed by atoms with Gasteiger partial charge < -0.3 is 9.73 Å². The van der Waals surface area contributed by atoms with Crippen LogP contribution in [0.15, 0.2) is 34.7 Å². The van der Waals surface area contributed by atoms with E-state index in [1.165, 1.54) is 19.3 Å². The summed E-state index contributed by atoms with van der Waals surface area (Å²) in [6.45, 7) is 3.28. The van der Waals surface area contributed by atoms with Crippen LogP contribution in [0.25, 0.3) is 11.0 Å². The normalized spacial score (nSPS) is 21.7. The Kier molecular flexibility index (Phi) is 5.01. The van der Waals surface area contributed by atoms with Crippen molar-refractivity contribution in [2.24, 2.45) is 5.92 Å². The quantitative estimate of drug-likeness (QED) is 0.918. The largest absolute Gasteiger partial charge is 0.460 e. The molecule has 1 aliphatic rings. The Balaban J connectivity index is 1.52. The zero-order chi connectivity index (χ0) is 16.2. The summed E-state index contributed by atoms with van der Waals surface area (Å²) >= 11 is 0. The van der Waals surface area contributed by atoms with Gasteiger partial charge in [0.2, 0.25) is 5.91 Å². The molecule has 124 valence electrons. The molecule has 1 aromatic heterocycles. The monoisotopic (exact) mass is 314 g/mol. The molecular weight excluding hydrogens is 288 g/mol. The summed E-state index contributed by atoms with van der Waals surface area (Å²) in [6, 6.07) is 10.4. The minimum atomic E-state index is 0.113. The Hall–Kier alpha value is -1.81. The Morgan fingerprint density at radius 1 is 1.30 bits per heavy atom. The molecule has 1 fully saturated rings. The van der Waals surface area contributed by atoms with Crippen molar-refractivity contribution in [2.75, 3.05) is 13.6 Å². The molecule has 2 atom stereocenters. The molecule has 1 aliphatic carbocycles. The van der Waals surface area contributed by atoms with Crippen molar-refractivity contribution in [3.05, 3.63) is 36.1 Å². The molecule has 4 nitrogen and oxygen atoms in total. The summed E-state index contributed by atoms with van der Waals surface area (Å²) in [5.74, 6) is 1.60. The van der Waals surface area contributed by atoms with Crippen molar-refractivity contribution in [1.29, 1.82) is 0 Å². The van der Waals surface area contributed by atoms with Crippen LogP contribution in [0.1, 0.15) is 38.4 Å². The van der Waals surface area contributed by atoms with Crippen LogP contribution in [0.4, 0.5) is 0 Å². The molecule has 1 heterocycles. The minimum Gasteiger partial charge on any atom is -0.460 e. The first-order valence-corrected chi connectivity index (χ1v) is 8.57. The van der Waals surface area contributed by atoms with E-state index in [-0.39, 0.29) is 5.91 Å². The van der Waals surface area contributed by atoms with Crippen LogP contribution in [0.3, 0.4) is 0 Å². The number of nitrogens with zero attached hydrogens (tertiary/aromatic N) is 1. The molecule has 1 saturated carbocycles. The fourth-order valence-corrected chi connectivity index (χ4v) is 3.46. The molecule has 0 radical (unpaired) electrons. The van der Waals surface area contributed by atoms with Gasteiger partial charge in [0.15, 0.2) is 0 Å². The van der Waals surface area contributed by atoms with Crippen molar-refractivity contribution in [2.45, 2.75) is 45.2 Å². The van der Waals surface area contributed by atoms with E-state index < -0.39 is 0 Å². The van der Waals surface area contributed by atoms with Crippen LogP contribution >= 0.6 is 0 Å². The third-order valence-corrected chi connectivity index (χ3v) is 4.77. The highest BCUT2D eigenvalue weighted by Gasteiger charge is 2.23. The summed E-state index contributed by atoms with van der Waals surface area (Å²) in [4.78, 5) is 14.2. The van der Waals surface area contributed by atoms with Crippen molar-refractivity contribution in [1.82, 2.24) is 10.2 Å². The fourth-order valence-electron chi connectivity index (χ4n) is 3.46. The molecule has 2 unspecified atom stereocenters. The SMILES string of the molecule is CC1CCCCC1NC(=O)CN(C)Cc1cc2ccccc2o1. The number of carbonyl (C=O) groups excluding carboxylic acids is 1. The van der Waals surface area contributed by atoms with Crippen LogP contribution in [-0.2, 0) is 11.3 Å². The number of hydrogen-bond donors (Lipinski definition) is 1. The summed E-state index contributed by atoms with van der Waals surface area (Å²) in [5.41, 5.74) is 0.899. The predicted octanol–water partition coefficient (Wildman–Crippen LogP) is 3.56. The van der Waals surface area contributed by atoms with Crippen molar-refractivity contribution >= 4 is 16.9 Å². The van der Waals surface area contributed by atoms with E-state index in [9.17, 15) is 4.79 Å². The average Bonchev–Trinajstić information content (AvgIpc) is 2.91. The number of benzene rings is 1. The van der Waals surface area contributed by atoms with Gasteiger partial charge in [-0.3, -0.25) is 9.69 Å². The lowest BCUT2D eigenvalue weighted by Gasteiger charge is -2.30. The zero-order valence-corrected chi connectivity index (χ0v) is 14.0. The van der Waals surface area contributed by atoms with Gasteiger partial charge in [-0.15, -0.1) is 0 Å². The second-order valence-corrected chi connectivity index (χ2v) is 6.86. The topological polar surface area (TPSA) is 45.5 Å². The Morgan fingerprint density at radius 3 is 2.87 bits per heavy atom. The molecule has 2 aromatic rings. The van der Waals surface area contributed by atoms with Crippen molar-refractivity contribution < 1.29 is 9.21 Å². The first-order valence-electron chi connectivity index (χ1n) is 8.57. The predicted molar refractivity (Wildman–Crippen MR) is 92.1 cm³/mol. The maximum absolute atomic E-state index is 12.2. The van der Waals surface area contributed by atoms with Gasteiger partial charge in [0.25, 0.3) is 0 Å². The van der Waals surface area contributed by atoms with Crippen molar-refractivity contribution in [3.63, 3.8) is 0 Å². The van der Waals surface area contributed by atoms with Crippen molar-refractivity contribution in [3.8, 4) is 0 Å². The second-order valence-electron chi connectivity index (χ2n) is 6.86. The van der Waals surface area contributed by atoms with E-state index in [0.717, 1.165) is 23.2 Å². The van der Waals surface area contributed by atoms with Gasteiger partial charge in [-0.2, -0.15) is 0 Å². The van der Waals surface area contributed by atoms with E-state index in [0.29, 0.717) is 25.0 Å². The molecule has 0 bridgehead atoms. The zero-order valence-electron chi connectivity index (χ0n) is 14.0. The van der Waals surface area contributed by atoms with Crippen LogP contribution in [0, 0.1) is 5.92 Å². The standard InChI is InChI=1S/C19H26N2O2/c1-14-7-3-5-9-17(14)20-19(22)13-21(2)12-16-11-15-8-4-6-10-18(15)23-16/h4,6,8,10-11,14,17H,3,5,7,9,12-13H2,1-2H3,(H,20,22). The smallest absolute Gasteiger partial charge is 0.234 e. The lowest BCUT2D eigenvalue weighted by Crippen LogP contribution is -2.44. The third kappa shape index (κ3) is 4.14. The minimum absolute atomic E-state index is 0.113. The number of furan rings is 1. The van der Waals surface area contributed by atoms with E-state index in [4.69, 9.17) is 4.42 Å².